The van der Waals surface area contributed by atoms with E-state index in [9.17, 15) is 14.4 Å². The molecule has 0 saturated carbocycles. The number of nitrogens with zero attached hydrogens (tertiary/aromatic N) is 4. The van der Waals surface area contributed by atoms with E-state index >= 15 is 0 Å². The van der Waals surface area contributed by atoms with Gasteiger partial charge >= 0.3 is 6.03 Å². The second kappa shape index (κ2) is 7.74. The summed E-state index contributed by atoms with van der Waals surface area (Å²) >= 11 is 20.2. The first-order chi connectivity index (χ1) is 16.6. The lowest BCUT2D eigenvalue weighted by molar-refractivity contribution is -0.153. The van der Waals surface area contributed by atoms with Gasteiger partial charge < -0.3 is 14.2 Å². The molecule has 15 heteroatoms. The van der Waals surface area contributed by atoms with Gasteiger partial charge in [-0.15, -0.1) is 0 Å². The van der Waals surface area contributed by atoms with Gasteiger partial charge in [0.1, 0.15) is 10.5 Å². The number of halogens is 3. The summed E-state index contributed by atoms with van der Waals surface area (Å²) < 4.78 is 11.8. The van der Waals surface area contributed by atoms with E-state index in [0.717, 1.165) is 11.3 Å². The van der Waals surface area contributed by atoms with Crippen molar-refractivity contribution in [3.05, 3.63) is 20.3 Å². The average molecular weight is 558 g/mol. The Bertz CT molecular complexity index is 1440. The first-order valence-corrected chi connectivity index (χ1v) is 12.5. The molecule has 3 aromatic heterocycles. The fourth-order valence-electron chi connectivity index (χ4n) is 5.33. The largest absolute Gasteiger partial charge is 0.372 e. The lowest BCUT2D eigenvalue weighted by Crippen LogP contribution is -2.75. The third-order valence-electron chi connectivity index (χ3n) is 6.55. The van der Waals surface area contributed by atoms with Gasteiger partial charge in [0.2, 0.25) is 17.4 Å². The standard InChI is InChI=1S/C20H15Cl3N6O5S/c1-5-4-29-11-7(3-20(14(29)6(2)33-5)16(30)26-19(32)27-17(20)31)24-9-10(28-34-12(9)8(11)21)13-15(22)25-18(23)35-13/h5-6,14H,3-4H2,1-2H3,(H2,26,27,30,31,32). The predicted octanol–water partition coefficient (Wildman–Crippen LogP) is 3.20. The van der Waals surface area contributed by atoms with Gasteiger partial charge in [0.15, 0.2) is 20.7 Å². The molecule has 2 fully saturated rings. The highest BCUT2D eigenvalue weighted by Crippen LogP contribution is 2.51. The molecule has 0 aliphatic carbocycles. The zero-order chi connectivity index (χ0) is 24.8. The number of hydrogen-bond donors (Lipinski definition) is 2. The van der Waals surface area contributed by atoms with E-state index in [4.69, 9.17) is 49.0 Å². The highest BCUT2D eigenvalue weighted by molar-refractivity contribution is 7.19. The van der Waals surface area contributed by atoms with Crippen LogP contribution in [-0.4, -0.2) is 57.8 Å². The van der Waals surface area contributed by atoms with Crippen LogP contribution in [0.3, 0.4) is 0 Å². The van der Waals surface area contributed by atoms with E-state index in [1.807, 2.05) is 11.8 Å². The van der Waals surface area contributed by atoms with Crippen LogP contribution < -0.4 is 15.5 Å². The topological polar surface area (TPSA) is 140 Å². The van der Waals surface area contributed by atoms with Crippen molar-refractivity contribution in [1.82, 2.24) is 25.8 Å². The Labute approximate surface area is 216 Å². The van der Waals surface area contributed by atoms with Crippen molar-refractivity contribution in [2.24, 2.45) is 5.41 Å². The molecule has 0 bridgehead atoms. The number of rotatable bonds is 1. The Morgan fingerprint density at radius 1 is 1.11 bits per heavy atom. The minimum Gasteiger partial charge on any atom is -0.372 e. The molecule has 3 atom stereocenters. The Morgan fingerprint density at radius 2 is 1.83 bits per heavy atom. The smallest absolute Gasteiger partial charge is 0.328 e. The number of morpholine rings is 1. The highest BCUT2D eigenvalue weighted by Gasteiger charge is 2.63. The number of hydrogen-bond acceptors (Lipinski definition) is 10. The summed E-state index contributed by atoms with van der Waals surface area (Å²) in [7, 11) is 0. The number of thiazole rings is 1. The quantitative estimate of drug-likeness (QED) is 0.432. The van der Waals surface area contributed by atoms with Crippen LogP contribution in [0.2, 0.25) is 14.6 Å². The van der Waals surface area contributed by atoms with Crippen molar-refractivity contribution in [3.63, 3.8) is 0 Å². The normalized spacial score (nSPS) is 25.5. The lowest BCUT2D eigenvalue weighted by Gasteiger charge is -2.55. The Balaban J connectivity index is 1.61. The van der Waals surface area contributed by atoms with Crippen molar-refractivity contribution >= 4 is 80.8 Å². The maximum absolute atomic E-state index is 13.3. The number of amides is 4. The number of pyridine rings is 1. The summed E-state index contributed by atoms with van der Waals surface area (Å²) in [5.74, 6) is -1.45. The molecule has 2 saturated heterocycles. The van der Waals surface area contributed by atoms with E-state index in [0.29, 0.717) is 22.8 Å². The molecule has 3 aliphatic rings. The van der Waals surface area contributed by atoms with Gasteiger partial charge in [-0.25, -0.2) is 14.8 Å². The number of carbonyl (C=O) groups excluding carboxylic acids is 3. The number of imide groups is 2. The Hall–Kier alpha value is -2.51. The van der Waals surface area contributed by atoms with Crippen LogP contribution in [0.5, 0.6) is 0 Å². The van der Waals surface area contributed by atoms with Crippen LogP contribution in [0.4, 0.5) is 10.5 Å². The second-order valence-electron chi connectivity index (χ2n) is 8.65. The summed E-state index contributed by atoms with van der Waals surface area (Å²) in [6.07, 6.45) is -0.920. The SMILES string of the molecule is CC1CN2c3c(nc4c(-c5sc(Cl)nc5Cl)noc4c3Cl)CC3(C(=O)NC(=O)NC3=O)C2C(C)O1. The maximum atomic E-state index is 13.3. The molecule has 3 unspecified atom stereocenters. The van der Waals surface area contributed by atoms with E-state index in [-0.39, 0.29) is 44.0 Å². The molecule has 35 heavy (non-hydrogen) atoms. The summed E-state index contributed by atoms with van der Waals surface area (Å²) in [6, 6.07) is -1.63. The van der Waals surface area contributed by atoms with Crippen molar-refractivity contribution in [3.8, 4) is 10.6 Å². The van der Waals surface area contributed by atoms with Gasteiger partial charge in [0.25, 0.3) is 0 Å². The zero-order valence-electron chi connectivity index (χ0n) is 18.0. The fraction of sp³-hybridized carbons (Fsp3) is 0.400. The molecule has 3 aromatic rings. The van der Waals surface area contributed by atoms with Gasteiger partial charge in [-0.1, -0.05) is 51.3 Å². The van der Waals surface area contributed by atoms with E-state index in [1.165, 1.54) is 0 Å². The molecule has 182 valence electrons. The van der Waals surface area contributed by atoms with Gasteiger partial charge in [-0.2, -0.15) is 0 Å². The third-order valence-corrected chi connectivity index (χ3v) is 8.46. The molecule has 0 radical (unpaired) electrons. The summed E-state index contributed by atoms with van der Waals surface area (Å²) in [6.45, 7) is 3.97. The number of aromatic nitrogens is 3. The molecule has 6 heterocycles. The number of nitrogens with one attached hydrogen (secondary N) is 2. The highest BCUT2D eigenvalue weighted by atomic mass is 35.5. The molecule has 6 rings (SSSR count). The zero-order valence-corrected chi connectivity index (χ0v) is 21.1. The van der Waals surface area contributed by atoms with Crippen LogP contribution in [0, 0.1) is 5.41 Å². The molecule has 3 aliphatic heterocycles. The van der Waals surface area contributed by atoms with Gasteiger partial charge in [-0.05, 0) is 13.8 Å². The number of urea groups is 1. The van der Waals surface area contributed by atoms with Crippen molar-refractivity contribution < 1.29 is 23.6 Å². The second-order valence-corrected chi connectivity index (χ2v) is 11.0. The molecule has 2 N–H and O–H groups in total. The van der Waals surface area contributed by atoms with Crippen LogP contribution >= 0.6 is 46.1 Å². The molecule has 0 aromatic carbocycles. The minimum atomic E-state index is -1.69. The number of carbonyl (C=O) groups is 3. The van der Waals surface area contributed by atoms with Crippen LogP contribution in [0.15, 0.2) is 4.52 Å². The first-order valence-electron chi connectivity index (χ1n) is 10.5. The maximum Gasteiger partial charge on any atom is 0.328 e. The average Bonchev–Trinajstić information content (AvgIpc) is 3.33. The van der Waals surface area contributed by atoms with Crippen molar-refractivity contribution in [2.45, 2.75) is 38.5 Å². The molecular formula is C20H15Cl3N6O5S. The van der Waals surface area contributed by atoms with Crippen LogP contribution in [0.25, 0.3) is 21.7 Å². The van der Waals surface area contributed by atoms with E-state index in [2.05, 4.69) is 20.8 Å². The monoisotopic (exact) mass is 556 g/mol. The van der Waals surface area contributed by atoms with Gasteiger partial charge in [-0.3, -0.25) is 20.2 Å². The van der Waals surface area contributed by atoms with Gasteiger partial charge in [0.05, 0.1) is 34.5 Å². The van der Waals surface area contributed by atoms with Crippen molar-refractivity contribution in [2.75, 3.05) is 11.4 Å². The summed E-state index contributed by atoms with van der Waals surface area (Å²) in [5, 5.41) is 8.94. The van der Waals surface area contributed by atoms with Crippen molar-refractivity contribution in [1.29, 1.82) is 0 Å². The van der Waals surface area contributed by atoms with Gasteiger partial charge in [0, 0.05) is 13.0 Å². The van der Waals surface area contributed by atoms with Crippen LogP contribution in [0.1, 0.15) is 19.5 Å². The Kier molecular flexibility index (Phi) is 5.07. The predicted molar refractivity (Wildman–Crippen MR) is 127 cm³/mol. The number of fused-ring (bicyclic) bond motifs is 5. The first kappa shape index (κ1) is 22.9. The fourth-order valence-corrected chi connectivity index (χ4v) is 7.04. The molecule has 1 spiro atoms. The number of barbiturate groups is 1. The number of anilines is 1. The molecule has 4 amide bonds. The summed E-state index contributed by atoms with van der Waals surface area (Å²) in [4.78, 5) is 49.5. The minimum absolute atomic E-state index is 0.128. The summed E-state index contributed by atoms with van der Waals surface area (Å²) in [5.41, 5.74) is -0.0115. The number of ether oxygens (including phenoxy) is 1. The Morgan fingerprint density at radius 3 is 2.49 bits per heavy atom. The van der Waals surface area contributed by atoms with E-state index in [1.54, 1.807) is 6.92 Å². The lowest BCUT2D eigenvalue weighted by atomic mass is 9.67. The van der Waals surface area contributed by atoms with Crippen LogP contribution in [-0.2, 0) is 20.7 Å². The van der Waals surface area contributed by atoms with E-state index < -0.39 is 35.4 Å². The molecule has 11 nitrogen and oxygen atoms in total. The third kappa shape index (κ3) is 3.13. The molecular weight excluding hydrogens is 543 g/mol.